The van der Waals surface area contributed by atoms with Crippen LogP contribution in [0.15, 0.2) is 24.3 Å². The first-order valence-electron chi connectivity index (χ1n) is 5.82. The molecular weight excluding hydrogens is 200 g/mol. The van der Waals surface area contributed by atoms with Crippen LogP contribution in [0.3, 0.4) is 0 Å². The zero-order chi connectivity index (χ0) is 11.8. The minimum absolute atomic E-state index is 0.413. The third kappa shape index (κ3) is 4.64. The summed E-state index contributed by atoms with van der Waals surface area (Å²) in [6.07, 6.45) is 2.23. The van der Waals surface area contributed by atoms with Gasteiger partial charge in [0.25, 0.3) is 0 Å². The van der Waals surface area contributed by atoms with Gasteiger partial charge in [0, 0.05) is 12.6 Å². The molecule has 0 aromatic heterocycles. The van der Waals surface area contributed by atoms with Crippen molar-refractivity contribution in [2.24, 2.45) is 5.73 Å². The van der Waals surface area contributed by atoms with Gasteiger partial charge in [-0.25, -0.2) is 0 Å². The Morgan fingerprint density at radius 1 is 1.31 bits per heavy atom. The number of benzene rings is 1. The normalized spacial score (nSPS) is 12.4. The SMILES string of the molecule is COc1ccc(CCCNC(C)CN)cc1. The second-order valence-electron chi connectivity index (χ2n) is 4.04. The van der Waals surface area contributed by atoms with Crippen molar-refractivity contribution in [1.29, 1.82) is 0 Å². The molecule has 1 aromatic rings. The van der Waals surface area contributed by atoms with Crippen molar-refractivity contribution < 1.29 is 4.74 Å². The van der Waals surface area contributed by atoms with Gasteiger partial charge in [-0.15, -0.1) is 0 Å². The predicted molar refractivity (Wildman–Crippen MR) is 67.8 cm³/mol. The lowest BCUT2D eigenvalue weighted by Crippen LogP contribution is -2.33. The van der Waals surface area contributed by atoms with Gasteiger partial charge in [0.15, 0.2) is 0 Å². The summed E-state index contributed by atoms with van der Waals surface area (Å²) in [7, 11) is 1.69. The molecule has 0 amide bonds. The smallest absolute Gasteiger partial charge is 0.118 e. The standard InChI is InChI=1S/C13H22N2O/c1-11(10-14)15-9-3-4-12-5-7-13(16-2)8-6-12/h5-8,11,15H,3-4,9-10,14H2,1-2H3. The summed E-state index contributed by atoms with van der Waals surface area (Å²) >= 11 is 0. The van der Waals surface area contributed by atoms with E-state index in [0.29, 0.717) is 12.6 Å². The molecule has 1 unspecified atom stereocenters. The van der Waals surface area contributed by atoms with E-state index in [0.717, 1.165) is 25.1 Å². The molecular formula is C13H22N2O. The molecule has 16 heavy (non-hydrogen) atoms. The molecule has 3 N–H and O–H groups in total. The van der Waals surface area contributed by atoms with Gasteiger partial charge in [-0.3, -0.25) is 0 Å². The van der Waals surface area contributed by atoms with Crippen molar-refractivity contribution in [2.45, 2.75) is 25.8 Å². The predicted octanol–water partition coefficient (Wildman–Crippen LogP) is 1.56. The molecule has 90 valence electrons. The summed E-state index contributed by atoms with van der Waals surface area (Å²) in [5, 5.41) is 3.38. The zero-order valence-electron chi connectivity index (χ0n) is 10.2. The highest BCUT2D eigenvalue weighted by Gasteiger charge is 1.98. The van der Waals surface area contributed by atoms with Gasteiger partial charge in [-0.05, 0) is 44.0 Å². The number of hydrogen-bond acceptors (Lipinski definition) is 3. The van der Waals surface area contributed by atoms with Crippen molar-refractivity contribution in [3.63, 3.8) is 0 Å². The maximum absolute atomic E-state index is 5.52. The van der Waals surface area contributed by atoms with Crippen LogP contribution in [-0.4, -0.2) is 26.2 Å². The van der Waals surface area contributed by atoms with Crippen molar-refractivity contribution in [3.05, 3.63) is 29.8 Å². The molecule has 0 saturated carbocycles. The van der Waals surface area contributed by atoms with Crippen LogP contribution >= 0.6 is 0 Å². The third-order valence-corrected chi connectivity index (χ3v) is 2.65. The highest BCUT2D eigenvalue weighted by Crippen LogP contribution is 2.12. The van der Waals surface area contributed by atoms with E-state index in [1.54, 1.807) is 7.11 Å². The number of nitrogens with two attached hydrogens (primary N) is 1. The van der Waals surface area contributed by atoms with E-state index in [9.17, 15) is 0 Å². The van der Waals surface area contributed by atoms with Crippen molar-refractivity contribution in [1.82, 2.24) is 5.32 Å². The largest absolute Gasteiger partial charge is 0.497 e. The molecule has 0 aliphatic rings. The molecule has 0 fully saturated rings. The first-order chi connectivity index (χ1) is 7.76. The van der Waals surface area contributed by atoms with Crippen LogP contribution in [-0.2, 0) is 6.42 Å². The van der Waals surface area contributed by atoms with Crippen LogP contribution in [0.5, 0.6) is 5.75 Å². The van der Waals surface area contributed by atoms with Crippen LogP contribution < -0.4 is 15.8 Å². The van der Waals surface area contributed by atoms with Crippen molar-refractivity contribution in [2.75, 3.05) is 20.2 Å². The number of methoxy groups -OCH3 is 1. The number of hydrogen-bond donors (Lipinski definition) is 2. The Morgan fingerprint density at radius 2 is 2.00 bits per heavy atom. The fourth-order valence-electron chi connectivity index (χ4n) is 1.52. The van der Waals surface area contributed by atoms with Gasteiger partial charge < -0.3 is 15.8 Å². The Kier molecular flexibility index (Phi) is 5.90. The van der Waals surface area contributed by atoms with Crippen LogP contribution in [0.25, 0.3) is 0 Å². The number of nitrogens with one attached hydrogen (secondary N) is 1. The average Bonchev–Trinajstić information content (AvgIpc) is 2.35. The minimum atomic E-state index is 0.413. The summed E-state index contributed by atoms with van der Waals surface area (Å²) in [6, 6.07) is 8.66. The van der Waals surface area contributed by atoms with Gasteiger partial charge in [-0.1, -0.05) is 12.1 Å². The van der Waals surface area contributed by atoms with Gasteiger partial charge in [0.2, 0.25) is 0 Å². The van der Waals surface area contributed by atoms with Crippen LogP contribution in [0.1, 0.15) is 18.9 Å². The quantitative estimate of drug-likeness (QED) is 0.688. The van der Waals surface area contributed by atoms with Gasteiger partial charge in [0.05, 0.1) is 7.11 Å². The zero-order valence-corrected chi connectivity index (χ0v) is 10.2. The van der Waals surface area contributed by atoms with E-state index in [4.69, 9.17) is 10.5 Å². The van der Waals surface area contributed by atoms with Crippen molar-refractivity contribution in [3.8, 4) is 5.75 Å². The fraction of sp³-hybridized carbons (Fsp3) is 0.538. The molecule has 0 bridgehead atoms. The summed E-state index contributed by atoms with van der Waals surface area (Å²) in [5.74, 6) is 0.915. The topological polar surface area (TPSA) is 47.3 Å². The summed E-state index contributed by atoms with van der Waals surface area (Å²) < 4.78 is 5.11. The van der Waals surface area contributed by atoms with Crippen LogP contribution in [0.2, 0.25) is 0 Å². The van der Waals surface area contributed by atoms with E-state index in [1.165, 1.54) is 5.56 Å². The molecule has 0 saturated heterocycles. The van der Waals surface area contributed by atoms with E-state index < -0.39 is 0 Å². The summed E-state index contributed by atoms with van der Waals surface area (Å²) in [6.45, 7) is 3.82. The first-order valence-corrected chi connectivity index (χ1v) is 5.82. The Balaban J connectivity index is 2.21. The molecule has 0 radical (unpaired) electrons. The third-order valence-electron chi connectivity index (χ3n) is 2.65. The molecule has 0 aliphatic carbocycles. The molecule has 3 heteroatoms. The monoisotopic (exact) mass is 222 g/mol. The minimum Gasteiger partial charge on any atom is -0.497 e. The van der Waals surface area contributed by atoms with Gasteiger partial charge in [0.1, 0.15) is 5.75 Å². The molecule has 0 spiro atoms. The Morgan fingerprint density at radius 3 is 2.56 bits per heavy atom. The lowest BCUT2D eigenvalue weighted by molar-refractivity contribution is 0.414. The molecule has 0 aliphatic heterocycles. The lowest BCUT2D eigenvalue weighted by Gasteiger charge is -2.10. The molecule has 0 heterocycles. The Hall–Kier alpha value is -1.06. The molecule has 1 rings (SSSR count). The van der Waals surface area contributed by atoms with E-state index in [-0.39, 0.29) is 0 Å². The van der Waals surface area contributed by atoms with E-state index >= 15 is 0 Å². The maximum atomic E-state index is 5.52. The van der Waals surface area contributed by atoms with Crippen LogP contribution in [0.4, 0.5) is 0 Å². The highest BCUT2D eigenvalue weighted by molar-refractivity contribution is 5.27. The number of rotatable bonds is 7. The van der Waals surface area contributed by atoms with Crippen LogP contribution in [0, 0.1) is 0 Å². The lowest BCUT2D eigenvalue weighted by atomic mass is 10.1. The van der Waals surface area contributed by atoms with Gasteiger partial charge >= 0.3 is 0 Å². The van der Waals surface area contributed by atoms with E-state index in [1.807, 2.05) is 12.1 Å². The van der Waals surface area contributed by atoms with Gasteiger partial charge in [-0.2, -0.15) is 0 Å². The Bertz CT molecular complexity index is 284. The molecule has 1 aromatic carbocycles. The van der Waals surface area contributed by atoms with E-state index in [2.05, 4.69) is 24.4 Å². The second kappa shape index (κ2) is 7.25. The summed E-state index contributed by atoms with van der Waals surface area (Å²) in [4.78, 5) is 0. The second-order valence-corrected chi connectivity index (χ2v) is 4.04. The number of aryl methyl sites for hydroxylation is 1. The molecule has 3 nitrogen and oxygen atoms in total. The average molecular weight is 222 g/mol. The number of ether oxygens (including phenoxy) is 1. The first kappa shape index (κ1) is 13.0. The Labute approximate surface area is 98.0 Å². The van der Waals surface area contributed by atoms with Crippen molar-refractivity contribution >= 4 is 0 Å². The maximum Gasteiger partial charge on any atom is 0.118 e. The molecule has 1 atom stereocenters. The highest BCUT2D eigenvalue weighted by atomic mass is 16.5. The summed E-state index contributed by atoms with van der Waals surface area (Å²) in [5.41, 5.74) is 6.87. The fourth-order valence-corrected chi connectivity index (χ4v) is 1.52.